The van der Waals surface area contributed by atoms with Crippen LogP contribution in [0.25, 0.3) is 0 Å². The number of methoxy groups -OCH3 is 1. The van der Waals surface area contributed by atoms with Gasteiger partial charge in [0, 0.05) is 0 Å². The highest BCUT2D eigenvalue weighted by molar-refractivity contribution is 7.80. The molecular weight excluding hydrogens is 264 g/mol. The molecule has 0 unspecified atom stereocenters. The molecule has 0 aliphatic carbocycles. The second kappa shape index (κ2) is 6.01. The van der Waals surface area contributed by atoms with Crippen LogP contribution in [0.4, 0.5) is 5.69 Å². The summed E-state index contributed by atoms with van der Waals surface area (Å²) in [5.41, 5.74) is 0.676. The van der Waals surface area contributed by atoms with E-state index in [9.17, 15) is 4.79 Å². The molecule has 19 heavy (non-hydrogen) atoms. The second-order valence-electron chi connectivity index (χ2n) is 3.59. The summed E-state index contributed by atoms with van der Waals surface area (Å²) in [5.74, 6) is 0.429. The predicted octanol–water partition coefficient (Wildman–Crippen LogP) is 2.42. The molecule has 5 nitrogen and oxygen atoms in total. The van der Waals surface area contributed by atoms with Crippen LogP contribution in [0.1, 0.15) is 10.6 Å². The predicted molar refractivity (Wildman–Crippen MR) is 75.4 cm³/mol. The maximum atomic E-state index is 11.7. The number of furan rings is 1. The van der Waals surface area contributed by atoms with E-state index >= 15 is 0 Å². The van der Waals surface area contributed by atoms with E-state index in [0.717, 1.165) is 0 Å². The minimum absolute atomic E-state index is 0.172. The summed E-state index contributed by atoms with van der Waals surface area (Å²) < 4.78 is 10.1. The van der Waals surface area contributed by atoms with Crippen LogP contribution in [-0.4, -0.2) is 18.1 Å². The van der Waals surface area contributed by atoms with Gasteiger partial charge in [-0.05, 0) is 36.5 Å². The molecule has 0 bridgehead atoms. The molecule has 1 aromatic carbocycles. The van der Waals surface area contributed by atoms with Crippen LogP contribution in [0.15, 0.2) is 47.1 Å². The highest BCUT2D eigenvalue weighted by atomic mass is 32.1. The van der Waals surface area contributed by atoms with Gasteiger partial charge in [0.25, 0.3) is 5.91 Å². The van der Waals surface area contributed by atoms with Crippen LogP contribution >= 0.6 is 12.2 Å². The Kier molecular flexibility index (Phi) is 4.15. The lowest BCUT2D eigenvalue weighted by Gasteiger charge is -2.11. The number of carbonyl (C=O) groups is 1. The van der Waals surface area contributed by atoms with Gasteiger partial charge in [0.05, 0.1) is 19.1 Å². The molecule has 6 heteroatoms. The molecule has 2 N–H and O–H groups in total. The van der Waals surface area contributed by atoms with E-state index in [1.807, 2.05) is 12.1 Å². The van der Waals surface area contributed by atoms with Crippen molar-refractivity contribution in [3.05, 3.63) is 48.4 Å². The van der Waals surface area contributed by atoms with Crippen molar-refractivity contribution in [1.82, 2.24) is 5.32 Å². The number of rotatable bonds is 3. The average molecular weight is 276 g/mol. The third-order valence-electron chi connectivity index (χ3n) is 2.33. The number of nitrogens with one attached hydrogen (secondary N) is 2. The van der Waals surface area contributed by atoms with E-state index in [-0.39, 0.29) is 10.9 Å². The molecule has 1 amide bonds. The minimum atomic E-state index is -0.405. The molecule has 0 fully saturated rings. The molecule has 0 aliphatic heterocycles. The smallest absolute Gasteiger partial charge is 0.293 e. The lowest BCUT2D eigenvalue weighted by Crippen LogP contribution is -2.33. The molecule has 1 heterocycles. The monoisotopic (exact) mass is 276 g/mol. The fourth-order valence-corrected chi connectivity index (χ4v) is 1.68. The van der Waals surface area contributed by atoms with Gasteiger partial charge < -0.3 is 14.5 Å². The third kappa shape index (κ3) is 3.32. The van der Waals surface area contributed by atoms with E-state index in [2.05, 4.69) is 10.6 Å². The number of hydrogen-bond acceptors (Lipinski definition) is 4. The fraction of sp³-hybridized carbons (Fsp3) is 0.0769. The molecule has 0 saturated heterocycles. The van der Waals surface area contributed by atoms with Crippen molar-refractivity contribution in [2.24, 2.45) is 0 Å². The van der Waals surface area contributed by atoms with E-state index in [1.165, 1.54) is 6.26 Å². The first kappa shape index (κ1) is 13.1. The SMILES string of the molecule is COc1ccccc1NC(=S)NC(=O)c1ccco1. The summed E-state index contributed by atoms with van der Waals surface area (Å²) in [6.07, 6.45) is 1.42. The molecule has 2 rings (SSSR count). The number of amides is 1. The highest BCUT2D eigenvalue weighted by Crippen LogP contribution is 2.22. The maximum Gasteiger partial charge on any atom is 0.293 e. The van der Waals surface area contributed by atoms with Crippen LogP contribution < -0.4 is 15.4 Å². The zero-order valence-electron chi connectivity index (χ0n) is 10.2. The summed E-state index contributed by atoms with van der Waals surface area (Å²) in [4.78, 5) is 11.7. The number of ether oxygens (including phenoxy) is 1. The number of benzene rings is 1. The molecular formula is C13H12N2O3S. The lowest BCUT2D eigenvalue weighted by molar-refractivity contribution is 0.0950. The van der Waals surface area contributed by atoms with E-state index in [4.69, 9.17) is 21.4 Å². The first-order valence-electron chi connectivity index (χ1n) is 5.49. The van der Waals surface area contributed by atoms with Gasteiger partial charge in [0.1, 0.15) is 5.75 Å². The van der Waals surface area contributed by atoms with E-state index < -0.39 is 5.91 Å². The Balaban J connectivity index is 2.00. The van der Waals surface area contributed by atoms with Crippen molar-refractivity contribution in [3.8, 4) is 5.75 Å². The topological polar surface area (TPSA) is 63.5 Å². The molecule has 98 valence electrons. The molecule has 0 saturated carbocycles. The standard InChI is InChI=1S/C13H12N2O3S/c1-17-10-6-3-2-5-9(10)14-13(19)15-12(16)11-7-4-8-18-11/h2-8H,1H3,(H2,14,15,16,19). The molecule has 0 radical (unpaired) electrons. The van der Waals surface area contributed by atoms with Gasteiger partial charge in [-0.3, -0.25) is 10.1 Å². The van der Waals surface area contributed by atoms with Crippen molar-refractivity contribution in [1.29, 1.82) is 0 Å². The summed E-state index contributed by atoms with van der Waals surface area (Å²) >= 11 is 5.05. The van der Waals surface area contributed by atoms with Crippen LogP contribution in [-0.2, 0) is 0 Å². The maximum absolute atomic E-state index is 11.7. The Morgan fingerprint density at radius 1 is 1.26 bits per heavy atom. The summed E-state index contributed by atoms with van der Waals surface area (Å²) in [5, 5.41) is 5.57. The number of anilines is 1. The fourth-order valence-electron chi connectivity index (χ4n) is 1.47. The highest BCUT2D eigenvalue weighted by Gasteiger charge is 2.11. The van der Waals surface area contributed by atoms with Crippen molar-refractivity contribution < 1.29 is 13.9 Å². The zero-order valence-corrected chi connectivity index (χ0v) is 11.0. The zero-order chi connectivity index (χ0) is 13.7. The first-order valence-corrected chi connectivity index (χ1v) is 5.90. The Hall–Kier alpha value is -2.34. The summed E-state index contributed by atoms with van der Waals surface area (Å²) in [6, 6.07) is 10.5. The Bertz CT molecular complexity index is 581. The van der Waals surface area contributed by atoms with Gasteiger partial charge in [0.15, 0.2) is 10.9 Å². The van der Waals surface area contributed by atoms with Gasteiger partial charge in [-0.25, -0.2) is 0 Å². The summed E-state index contributed by atoms with van der Waals surface area (Å²) in [7, 11) is 1.56. The van der Waals surface area contributed by atoms with E-state index in [0.29, 0.717) is 11.4 Å². The quantitative estimate of drug-likeness (QED) is 0.843. The molecule has 2 aromatic rings. The van der Waals surface area contributed by atoms with Gasteiger partial charge in [-0.1, -0.05) is 12.1 Å². The van der Waals surface area contributed by atoms with E-state index in [1.54, 1.807) is 31.4 Å². The van der Waals surface area contributed by atoms with Crippen molar-refractivity contribution in [2.75, 3.05) is 12.4 Å². The van der Waals surface area contributed by atoms with Crippen LogP contribution in [0.2, 0.25) is 0 Å². The summed E-state index contributed by atoms with van der Waals surface area (Å²) in [6.45, 7) is 0. The van der Waals surface area contributed by atoms with Crippen LogP contribution in [0.5, 0.6) is 5.75 Å². The first-order chi connectivity index (χ1) is 9.20. The van der Waals surface area contributed by atoms with Crippen molar-refractivity contribution >= 4 is 28.9 Å². The minimum Gasteiger partial charge on any atom is -0.495 e. The van der Waals surface area contributed by atoms with Gasteiger partial charge in [-0.15, -0.1) is 0 Å². The third-order valence-corrected chi connectivity index (χ3v) is 2.53. The molecule has 0 aliphatic rings. The van der Waals surface area contributed by atoms with Gasteiger partial charge >= 0.3 is 0 Å². The molecule has 1 aromatic heterocycles. The normalized spacial score (nSPS) is 9.74. The van der Waals surface area contributed by atoms with Crippen molar-refractivity contribution in [2.45, 2.75) is 0 Å². The van der Waals surface area contributed by atoms with Crippen LogP contribution in [0, 0.1) is 0 Å². The Morgan fingerprint density at radius 3 is 2.74 bits per heavy atom. The number of para-hydroxylation sites is 2. The van der Waals surface area contributed by atoms with Crippen molar-refractivity contribution in [3.63, 3.8) is 0 Å². The molecule has 0 spiro atoms. The Labute approximate surface area is 115 Å². The largest absolute Gasteiger partial charge is 0.495 e. The number of carbonyl (C=O) groups excluding carboxylic acids is 1. The Morgan fingerprint density at radius 2 is 2.05 bits per heavy atom. The second-order valence-corrected chi connectivity index (χ2v) is 3.99. The average Bonchev–Trinajstić information content (AvgIpc) is 2.93. The lowest BCUT2D eigenvalue weighted by atomic mass is 10.3. The molecule has 0 atom stereocenters. The number of hydrogen-bond donors (Lipinski definition) is 2. The van der Waals surface area contributed by atoms with Crippen LogP contribution in [0.3, 0.4) is 0 Å². The number of thiocarbonyl (C=S) groups is 1. The van der Waals surface area contributed by atoms with Gasteiger partial charge in [0.2, 0.25) is 0 Å². The van der Waals surface area contributed by atoms with Gasteiger partial charge in [-0.2, -0.15) is 0 Å².